The maximum absolute atomic E-state index is 12.9. The van der Waals surface area contributed by atoms with Gasteiger partial charge in [-0.05, 0) is 47.7 Å². The molecule has 144 valence electrons. The van der Waals surface area contributed by atoms with Crippen LogP contribution in [0.1, 0.15) is 47.3 Å². The third-order valence-electron chi connectivity index (χ3n) is 5.33. The Morgan fingerprint density at radius 3 is 2.63 bits per heavy atom. The number of rotatable bonds is 6. The van der Waals surface area contributed by atoms with Crippen molar-refractivity contribution in [1.29, 1.82) is 0 Å². The van der Waals surface area contributed by atoms with Crippen LogP contribution in [0.3, 0.4) is 0 Å². The molecule has 3 rings (SSSR count). The molecule has 27 heavy (non-hydrogen) atoms. The Morgan fingerprint density at radius 1 is 1.22 bits per heavy atom. The molecule has 0 aliphatic carbocycles. The minimum absolute atomic E-state index is 0.00164. The molecule has 0 bridgehead atoms. The zero-order chi connectivity index (χ0) is 19.6. The van der Waals surface area contributed by atoms with Crippen LogP contribution in [0.25, 0.3) is 0 Å². The van der Waals surface area contributed by atoms with Crippen molar-refractivity contribution in [1.82, 2.24) is 4.90 Å². The largest absolute Gasteiger partial charge is 0.391 e. The molecule has 1 heterocycles. The van der Waals surface area contributed by atoms with E-state index >= 15 is 0 Å². The Balaban J connectivity index is 1.68. The van der Waals surface area contributed by atoms with Gasteiger partial charge in [0.1, 0.15) is 0 Å². The number of β-amino-alcohol motifs (C(OH)–C–C–N with tert-alkyl or cyclic N) is 1. The number of amides is 1. The minimum Gasteiger partial charge on any atom is -0.391 e. The van der Waals surface area contributed by atoms with Crippen molar-refractivity contribution >= 4 is 21.8 Å². The lowest BCUT2D eigenvalue weighted by molar-refractivity contribution is 0.0526. The molecule has 1 aliphatic heterocycles. The first-order chi connectivity index (χ1) is 12.8. The summed E-state index contributed by atoms with van der Waals surface area (Å²) < 4.78 is 0.981. The van der Waals surface area contributed by atoms with Gasteiger partial charge in [-0.1, -0.05) is 54.0 Å². The molecule has 4 nitrogen and oxygen atoms in total. The third-order valence-corrected chi connectivity index (χ3v) is 5.82. The van der Waals surface area contributed by atoms with E-state index in [0.29, 0.717) is 26.1 Å². The van der Waals surface area contributed by atoms with Crippen molar-refractivity contribution in [3.63, 3.8) is 0 Å². The molecule has 1 aliphatic rings. The summed E-state index contributed by atoms with van der Waals surface area (Å²) >= 11 is 3.50. The molecular weight excluding hydrogens is 404 g/mol. The van der Waals surface area contributed by atoms with Gasteiger partial charge in [0.05, 0.1) is 6.10 Å². The van der Waals surface area contributed by atoms with Crippen molar-refractivity contribution < 1.29 is 9.90 Å². The summed E-state index contributed by atoms with van der Waals surface area (Å²) in [5.41, 5.74) is 9.71. The monoisotopic (exact) mass is 430 g/mol. The second-order valence-corrected chi connectivity index (χ2v) is 8.84. The normalized spacial score (nSPS) is 16.9. The van der Waals surface area contributed by atoms with Gasteiger partial charge in [-0.15, -0.1) is 0 Å². The van der Waals surface area contributed by atoms with Crippen LogP contribution in [0.2, 0.25) is 0 Å². The number of carbonyl (C=O) groups is 1. The van der Waals surface area contributed by atoms with E-state index in [1.807, 2.05) is 36.4 Å². The molecule has 0 spiro atoms. The predicted octanol–water partition coefficient (Wildman–Crippen LogP) is 3.63. The number of nitrogens with zero attached hydrogens (tertiary/aromatic N) is 1. The Kier molecular flexibility index (Phi) is 6.04. The molecule has 1 unspecified atom stereocenters. The number of hydrogen-bond acceptors (Lipinski definition) is 3. The number of benzene rings is 2. The highest BCUT2D eigenvalue weighted by Gasteiger charge is 2.37. The first-order valence-corrected chi connectivity index (χ1v) is 10.2. The fraction of sp³-hybridized carbons (Fsp3) is 0.409. The molecule has 5 heteroatoms. The van der Waals surface area contributed by atoms with Gasteiger partial charge in [0.15, 0.2) is 0 Å². The van der Waals surface area contributed by atoms with Crippen LogP contribution >= 0.6 is 15.9 Å². The van der Waals surface area contributed by atoms with E-state index in [-0.39, 0.29) is 11.3 Å². The van der Waals surface area contributed by atoms with Crippen LogP contribution < -0.4 is 5.73 Å². The molecule has 2 aromatic carbocycles. The van der Waals surface area contributed by atoms with E-state index in [1.54, 1.807) is 4.90 Å². The number of nitrogens with two attached hydrogens (primary N) is 1. The van der Waals surface area contributed by atoms with E-state index in [1.165, 1.54) is 5.56 Å². The summed E-state index contributed by atoms with van der Waals surface area (Å²) in [6.07, 6.45) is 0.797. The predicted molar refractivity (Wildman–Crippen MR) is 112 cm³/mol. The lowest BCUT2D eigenvalue weighted by Crippen LogP contribution is -2.49. The maximum atomic E-state index is 12.9. The molecule has 0 radical (unpaired) electrons. The van der Waals surface area contributed by atoms with E-state index in [0.717, 1.165) is 27.6 Å². The summed E-state index contributed by atoms with van der Waals surface area (Å²) in [5, 5.41) is 10.6. The van der Waals surface area contributed by atoms with E-state index in [2.05, 4.69) is 35.8 Å². The lowest BCUT2D eigenvalue weighted by Gasteiger charge is -2.40. The third kappa shape index (κ3) is 4.42. The number of aliphatic hydroxyl groups is 1. The average Bonchev–Trinajstić information content (AvgIpc) is 2.64. The van der Waals surface area contributed by atoms with Gasteiger partial charge in [0.25, 0.3) is 5.91 Å². The van der Waals surface area contributed by atoms with E-state index in [4.69, 9.17) is 5.73 Å². The zero-order valence-corrected chi connectivity index (χ0v) is 17.5. The summed E-state index contributed by atoms with van der Waals surface area (Å²) in [4.78, 5) is 14.7. The second kappa shape index (κ2) is 8.13. The summed E-state index contributed by atoms with van der Waals surface area (Å²) in [5.74, 6) is -0.00164. The Bertz CT molecular complexity index is 835. The first kappa shape index (κ1) is 20.1. The zero-order valence-electron chi connectivity index (χ0n) is 15.9. The van der Waals surface area contributed by atoms with Crippen LogP contribution in [0.15, 0.2) is 46.9 Å². The highest BCUT2D eigenvalue weighted by molar-refractivity contribution is 9.10. The lowest BCUT2D eigenvalue weighted by atomic mass is 9.78. The molecule has 0 fully saturated rings. The molecule has 1 amide bonds. The van der Waals surface area contributed by atoms with Crippen LogP contribution in [-0.2, 0) is 18.4 Å². The van der Waals surface area contributed by atoms with Gasteiger partial charge in [0, 0.05) is 35.1 Å². The molecule has 3 N–H and O–H groups in total. The number of carbonyl (C=O) groups excluding carboxylic acids is 1. The van der Waals surface area contributed by atoms with Gasteiger partial charge in [-0.3, -0.25) is 4.79 Å². The quantitative estimate of drug-likeness (QED) is 0.734. The van der Waals surface area contributed by atoms with Crippen LogP contribution in [0.5, 0.6) is 0 Å². The van der Waals surface area contributed by atoms with Gasteiger partial charge in [-0.25, -0.2) is 0 Å². The van der Waals surface area contributed by atoms with Crippen LogP contribution in [-0.4, -0.2) is 35.1 Å². The Labute approximate surface area is 169 Å². The number of hydrogen-bond donors (Lipinski definition) is 2. The smallest absolute Gasteiger partial charge is 0.254 e. The van der Waals surface area contributed by atoms with Crippen molar-refractivity contribution in [2.24, 2.45) is 5.73 Å². The molecule has 0 saturated carbocycles. The SMILES string of the molecule is CC1(C)CN(CC(O)CCc2ccccc2CN)C(=O)c2ccc(Br)cc21. The van der Waals surface area contributed by atoms with Crippen molar-refractivity contribution in [2.75, 3.05) is 13.1 Å². The fourth-order valence-corrected chi connectivity index (χ4v) is 4.24. The van der Waals surface area contributed by atoms with E-state index < -0.39 is 6.10 Å². The minimum atomic E-state index is -0.562. The summed E-state index contributed by atoms with van der Waals surface area (Å²) in [6.45, 7) is 5.73. The average molecular weight is 431 g/mol. The van der Waals surface area contributed by atoms with Gasteiger partial charge >= 0.3 is 0 Å². The highest BCUT2D eigenvalue weighted by atomic mass is 79.9. The number of fused-ring (bicyclic) bond motifs is 1. The maximum Gasteiger partial charge on any atom is 0.254 e. The van der Waals surface area contributed by atoms with Crippen LogP contribution in [0.4, 0.5) is 0 Å². The van der Waals surface area contributed by atoms with E-state index in [9.17, 15) is 9.90 Å². The van der Waals surface area contributed by atoms with Gasteiger partial charge < -0.3 is 15.7 Å². The fourth-order valence-electron chi connectivity index (χ4n) is 3.88. The van der Waals surface area contributed by atoms with Gasteiger partial charge in [-0.2, -0.15) is 0 Å². The van der Waals surface area contributed by atoms with Crippen LogP contribution in [0, 0.1) is 0 Å². The van der Waals surface area contributed by atoms with Crippen molar-refractivity contribution in [3.8, 4) is 0 Å². The summed E-state index contributed by atoms with van der Waals surface area (Å²) in [7, 11) is 0. The number of aliphatic hydroxyl groups excluding tert-OH is 1. The molecule has 0 saturated heterocycles. The Hall–Kier alpha value is -1.69. The second-order valence-electron chi connectivity index (χ2n) is 7.92. The van der Waals surface area contributed by atoms with Gasteiger partial charge in [0.2, 0.25) is 0 Å². The standard InChI is InChI=1S/C22H27BrN2O2/c1-22(2)14-25(21(27)19-10-8-17(23)11-20(19)22)13-18(26)9-7-15-5-3-4-6-16(15)12-24/h3-6,8,10-11,18,26H,7,9,12-14,24H2,1-2H3. The Morgan fingerprint density at radius 2 is 1.93 bits per heavy atom. The van der Waals surface area contributed by atoms with Crippen molar-refractivity contribution in [2.45, 2.75) is 44.8 Å². The molecule has 2 aromatic rings. The molecule has 1 atom stereocenters. The topological polar surface area (TPSA) is 66.6 Å². The highest BCUT2D eigenvalue weighted by Crippen LogP contribution is 2.35. The molecular formula is C22H27BrN2O2. The number of aryl methyl sites for hydroxylation is 1. The van der Waals surface area contributed by atoms with Crippen molar-refractivity contribution in [3.05, 3.63) is 69.2 Å². The first-order valence-electron chi connectivity index (χ1n) is 9.36. The molecule has 0 aromatic heterocycles. The number of halogens is 1. The summed E-state index contributed by atoms with van der Waals surface area (Å²) in [6, 6.07) is 13.9.